The summed E-state index contributed by atoms with van der Waals surface area (Å²) in [6.45, 7) is 14.9. The Balaban J connectivity index is 5.84. The molecule has 0 aliphatic rings. The molecule has 10 atom stereocenters. The van der Waals surface area contributed by atoms with Crippen LogP contribution in [0.15, 0.2) is 0 Å². The Hall–Kier alpha value is -5.38. The van der Waals surface area contributed by atoms with Crippen molar-refractivity contribution in [2.75, 3.05) is 13.2 Å². The molecule has 0 radical (unpaired) electrons. The first-order valence-electron chi connectivity index (χ1n) is 20.5. The lowest BCUT2D eigenvalue weighted by Gasteiger charge is -2.30. The molecule has 0 unspecified atom stereocenters. The molecule has 0 rings (SSSR count). The summed E-state index contributed by atoms with van der Waals surface area (Å²) >= 11 is 0. The molecule has 0 heterocycles. The quantitative estimate of drug-likeness (QED) is 0.0390. The maximum absolute atomic E-state index is 13.7. The van der Waals surface area contributed by atoms with Gasteiger partial charge in [-0.2, -0.15) is 0 Å². The summed E-state index contributed by atoms with van der Waals surface area (Å²) in [6.07, 6.45) is -0.0720. The first kappa shape index (κ1) is 55.6. The smallest absolute Gasteiger partial charge is 0.326 e. The Kier molecular flexibility index (Phi) is 25.0. The van der Waals surface area contributed by atoms with Gasteiger partial charge in [0.15, 0.2) is 0 Å². The van der Waals surface area contributed by atoms with Gasteiger partial charge in [-0.25, -0.2) is 4.79 Å². The standard InChI is InChI=1S/C39H69N9O13/c1-11-20(7)30(37(58)45-25(39(60)61)15-18(3)4)48-38(59)31(21(8)12-2)47-35(56)26(17-49)46-33(54)23(10)43-34(55)24(13-14-28(51)52)44-32(53)22(9)42-27(50)16-41-36(57)29(40)19(5)6/h18-26,29-31,49H,11-17,40H2,1-10H3,(H,41,57)(H,42,50)(H,43,55)(H,44,53)(H,45,58)(H,46,54)(H,47,56)(H,48,59)(H,51,52)(H,60,61)/t20-,21-,22-,23-,24-,25-,26-,29-,30-,31-/m0/s1. The summed E-state index contributed by atoms with van der Waals surface area (Å²) in [5.41, 5.74) is 5.75. The molecule has 0 aliphatic heterocycles. The van der Waals surface area contributed by atoms with Gasteiger partial charge in [0.1, 0.15) is 42.3 Å². The second-order valence-corrected chi connectivity index (χ2v) is 16.0. The minimum absolute atomic E-state index is 0.0590. The topological polar surface area (TPSA) is 354 Å². The van der Waals surface area contributed by atoms with Gasteiger partial charge in [0.05, 0.1) is 19.2 Å². The predicted molar refractivity (Wildman–Crippen MR) is 221 cm³/mol. The van der Waals surface area contributed by atoms with E-state index in [1.807, 2.05) is 0 Å². The minimum Gasteiger partial charge on any atom is -0.481 e. The minimum atomic E-state index is -1.65. The van der Waals surface area contributed by atoms with Crippen LogP contribution in [0.3, 0.4) is 0 Å². The van der Waals surface area contributed by atoms with Crippen LogP contribution >= 0.6 is 0 Å². The molecule has 13 N–H and O–H groups in total. The van der Waals surface area contributed by atoms with Crippen LogP contribution in [-0.2, 0) is 47.9 Å². The maximum Gasteiger partial charge on any atom is 0.326 e. The van der Waals surface area contributed by atoms with Crippen molar-refractivity contribution in [2.45, 2.75) is 150 Å². The molecule has 0 aromatic rings. The summed E-state index contributed by atoms with van der Waals surface area (Å²) in [5.74, 6) is -10.5. The van der Waals surface area contributed by atoms with Crippen molar-refractivity contribution in [1.29, 1.82) is 0 Å². The van der Waals surface area contributed by atoms with E-state index in [0.29, 0.717) is 12.8 Å². The molecular weight excluding hydrogens is 802 g/mol. The summed E-state index contributed by atoms with van der Waals surface area (Å²) in [7, 11) is 0. The number of aliphatic carboxylic acids is 2. The molecule has 0 aromatic heterocycles. The predicted octanol–water partition coefficient (Wildman–Crippen LogP) is -2.40. The van der Waals surface area contributed by atoms with Crippen molar-refractivity contribution in [2.24, 2.45) is 29.4 Å². The molecule has 348 valence electrons. The number of aliphatic hydroxyl groups excluding tert-OH is 1. The molecule has 0 bridgehead atoms. The third-order valence-electron chi connectivity index (χ3n) is 9.97. The normalized spacial score (nSPS) is 16.1. The van der Waals surface area contributed by atoms with Crippen LogP contribution in [0.4, 0.5) is 0 Å². The van der Waals surface area contributed by atoms with Gasteiger partial charge >= 0.3 is 11.9 Å². The number of aliphatic hydroxyl groups is 1. The van der Waals surface area contributed by atoms with Crippen LogP contribution < -0.4 is 48.3 Å². The van der Waals surface area contributed by atoms with E-state index in [2.05, 4.69) is 42.5 Å². The maximum atomic E-state index is 13.7. The van der Waals surface area contributed by atoms with Gasteiger partial charge in [0, 0.05) is 6.42 Å². The number of rotatable bonds is 28. The van der Waals surface area contributed by atoms with Crippen LogP contribution in [0, 0.1) is 23.7 Å². The molecule has 0 saturated heterocycles. The van der Waals surface area contributed by atoms with Gasteiger partial charge in [-0.3, -0.25) is 43.2 Å². The van der Waals surface area contributed by atoms with Crippen LogP contribution in [-0.4, -0.2) is 136 Å². The lowest BCUT2D eigenvalue weighted by molar-refractivity contribution is -0.143. The van der Waals surface area contributed by atoms with Gasteiger partial charge in [0.2, 0.25) is 47.3 Å². The number of hydrogen-bond donors (Lipinski definition) is 12. The fourth-order valence-corrected chi connectivity index (χ4v) is 5.50. The van der Waals surface area contributed by atoms with E-state index < -0.39 is 145 Å². The zero-order valence-corrected chi connectivity index (χ0v) is 36.9. The number of carbonyl (C=O) groups excluding carboxylic acids is 8. The third-order valence-corrected chi connectivity index (χ3v) is 9.97. The Morgan fingerprint density at radius 1 is 0.541 bits per heavy atom. The van der Waals surface area contributed by atoms with Gasteiger partial charge in [-0.05, 0) is 50.4 Å². The zero-order valence-electron chi connectivity index (χ0n) is 36.9. The van der Waals surface area contributed by atoms with Crippen molar-refractivity contribution in [3.63, 3.8) is 0 Å². The van der Waals surface area contributed by atoms with Crippen molar-refractivity contribution >= 4 is 59.2 Å². The summed E-state index contributed by atoms with van der Waals surface area (Å²) < 4.78 is 0. The van der Waals surface area contributed by atoms with Gasteiger partial charge < -0.3 is 63.6 Å². The summed E-state index contributed by atoms with van der Waals surface area (Å²) in [5, 5.41) is 48.2. The SMILES string of the molecule is CC[C@H](C)[C@H](NC(=O)[C@H](CO)NC(=O)[C@H](C)NC(=O)[C@H](CCC(=O)O)NC(=O)[C@H](C)NC(=O)CNC(=O)[C@@H](N)C(C)C)C(=O)N[C@H](C(=O)N[C@@H](CC(C)C)C(=O)O)[C@@H](C)CC. The van der Waals surface area contributed by atoms with Crippen molar-refractivity contribution in [3.8, 4) is 0 Å². The van der Waals surface area contributed by atoms with E-state index in [-0.39, 0.29) is 18.3 Å². The Bertz CT molecular complexity index is 1540. The van der Waals surface area contributed by atoms with E-state index >= 15 is 0 Å². The highest BCUT2D eigenvalue weighted by Gasteiger charge is 2.36. The van der Waals surface area contributed by atoms with Crippen LogP contribution in [0.5, 0.6) is 0 Å². The van der Waals surface area contributed by atoms with Crippen molar-refractivity contribution in [3.05, 3.63) is 0 Å². The lowest BCUT2D eigenvalue weighted by atomic mass is 9.94. The number of amides is 8. The fraction of sp³-hybridized carbons (Fsp3) is 0.744. The van der Waals surface area contributed by atoms with E-state index in [0.717, 1.165) is 0 Å². The second kappa shape index (κ2) is 27.5. The van der Waals surface area contributed by atoms with Gasteiger partial charge in [-0.15, -0.1) is 0 Å². The Morgan fingerprint density at radius 2 is 0.984 bits per heavy atom. The molecule has 22 heteroatoms. The average Bonchev–Trinajstić information content (AvgIpc) is 3.19. The van der Waals surface area contributed by atoms with Crippen molar-refractivity contribution in [1.82, 2.24) is 42.5 Å². The van der Waals surface area contributed by atoms with Gasteiger partial charge in [-0.1, -0.05) is 68.2 Å². The van der Waals surface area contributed by atoms with Crippen molar-refractivity contribution < 1.29 is 63.3 Å². The van der Waals surface area contributed by atoms with Crippen LogP contribution in [0.1, 0.15) is 101 Å². The average molecular weight is 872 g/mol. The first-order chi connectivity index (χ1) is 28.3. The van der Waals surface area contributed by atoms with E-state index in [1.165, 1.54) is 13.8 Å². The first-order valence-corrected chi connectivity index (χ1v) is 20.5. The van der Waals surface area contributed by atoms with E-state index in [9.17, 15) is 63.3 Å². The largest absolute Gasteiger partial charge is 0.481 e. The highest BCUT2D eigenvalue weighted by atomic mass is 16.4. The summed E-state index contributed by atoms with van der Waals surface area (Å²) in [4.78, 5) is 127. The molecule has 0 aromatic carbocycles. The molecule has 0 saturated carbocycles. The molecule has 0 fully saturated rings. The fourth-order valence-electron chi connectivity index (χ4n) is 5.50. The number of carbonyl (C=O) groups is 10. The number of nitrogens with one attached hydrogen (secondary N) is 8. The third kappa shape index (κ3) is 20.2. The molecule has 0 aliphatic carbocycles. The Morgan fingerprint density at radius 3 is 1.43 bits per heavy atom. The van der Waals surface area contributed by atoms with Crippen LogP contribution in [0.2, 0.25) is 0 Å². The lowest BCUT2D eigenvalue weighted by Crippen LogP contribution is -2.61. The molecule has 0 spiro atoms. The number of carboxylic acid groups (broad SMARTS) is 2. The van der Waals surface area contributed by atoms with E-state index in [1.54, 1.807) is 55.4 Å². The monoisotopic (exact) mass is 872 g/mol. The van der Waals surface area contributed by atoms with E-state index in [4.69, 9.17) is 5.73 Å². The zero-order chi connectivity index (χ0) is 47.3. The number of hydrogen-bond acceptors (Lipinski definition) is 12. The highest BCUT2D eigenvalue weighted by molar-refractivity contribution is 5.97. The molecule has 22 nitrogen and oxygen atoms in total. The number of carboxylic acids is 2. The highest BCUT2D eigenvalue weighted by Crippen LogP contribution is 2.14. The Labute approximate surface area is 356 Å². The second-order valence-electron chi connectivity index (χ2n) is 16.0. The summed E-state index contributed by atoms with van der Waals surface area (Å²) in [6, 6.07) is -10.4. The number of nitrogens with two attached hydrogens (primary N) is 1. The molecular formula is C39H69N9O13. The van der Waals surface area contributed by atoms with Crippen LogP contribution in [0.25, 0.3) is 0 Å². The molecule has 8 amide bonds. The van der Waals surface area contributed by atoms with Gasteiger partial charge in [0.25, 0.3) is 0 Å². The molecule has 61 heavy (non-hydrogen) atoms.